The van der Waals surface area contributed by atoms with E-state index in [2.05, 4.69) is 170 Å². The second-order valence-electron chi connectivity index (χ2n) is 17.3. The Bertz CT molecular complexity index is 3800. The van der Waals surface area contributed by atoms with Gasteiger partial charge in [-0.3, -0.25) is 0 Å². The number of hydrogen-bond acceptors (Lipinski definition) is 4. The summed E-state index contributed by atoms with van der Waals surface area (Å²) < 4.78 is 18.3. The Hall–Kier alpha value is -6.76. The molecule has 0 amide bonds. The molecule has 0 spiro atoms. The number of aromatic nitrogens is 1. The highest BCUT2D eigenvalue weighted by atomic mass is 32.1. The monoisotopic (exact) mass is 760 g/mol. The van der Waals surface area contributed by atoms with Gasteiger partial charge in [-0.25, -0.2) is 0 Å². The molecule has 0 atom stereocenters. The van der Waals surface area contributed by atoms with Gasteiger partial charge in [0.25, 0.3) is 0 Å². The minimum atomic E-state index is -0.109. The van der Waals surface area contributed by atoms with E-state index in [-0.39, 0.29) is 12.3 Å². The highest BCUT2D eigenvalue weighted by Crippen LogP contribution is 2.49. The number of fused-ring (bicyclic) bond motifs is 17. The van der Waals surface area contributed by atoms with Crippen molar-refractivity contribution in [2.45, 2.75) is 26.2 Å². The van der Waals surface area contributed by atoms with Crippen LogP contribution < -0.4 is 15.7 Å². The number of benzene rings is 8. The van der Waals surface area contributed by atoms with Crippen LogP contribution in [-0.2, 0) is 5.41 Å². The third-order valence-electron chi connectivity index (χ3n) is 13.1. The summed E-state index contributed by atoms with van der Waals surface area (Å²) >= 11 is 1.89. The molecule has 58 heavy (non-hydrogen) atoms. The van der Waals surface area contributed by atoms with E-state index in [1.165, 1.54) is 81.0 Å². The molecule has 0 saturated heterocycles. The summed E-state index contributed by atoms with van der Waals surface area (Å²) in [5.41, 5.74) is 16.1. The highest BCUT2D eigenvalue weighted by molar-refractivity contribution is 7.25. The van der Waals surface area contributed by atoms with Gasteiger partial charge in [0.05, 0.1) is 11.0 Å². The van der Waals surface area contributed by atoms with Gasteiger partial charge in [-0.1, -0.05) is 106 Å². The Kier molecular flexibility index (Phi) is 5.73. The SMILES string of the molecule is CC(C)(C)c1ccc(N2B3c4cc5c(cc4-n4c6cc7c(cc6c6ccc(c3c64)-c3cc4sc6ccccc6c4cc32)oc2ccccc27)oc2ccccc25)cc1. The van der Waals surface area contributed by atoms with Gasteiger partial charge in [0.15, 0.2) is 0 Å². The topological polar surface area (TPSA) is 34.5 Å². The lowest BCUT2D eigenvalue weighted by molar-refractivity contribution is 0.590. The summed E-state index contributed by atoms with van der Waals surface area (Å²) in [6.45, 7) is 6.77. The van der Waals surface area contributed by atoms with Gasteiger partial charge in [0.2, 0.25) is 0 Å². The Morgan fingerprint density at radius 3 is 1.95 bits per heavy atom. The van der Waals surface area contributed by atoms with Gasteiger partial charge in [0, 0.05) is 81.2 Å². The number of rotatable bonds is 1. The molecule has 0 N–H and O–H groups in total. The van der Waals surface area contributed by atoms with Crippen LogP contribution in [0.2, 0.25) is 0 Å². The fraction of sp³-hybridized carbons (Fsp3) is 0.0769. The smallest absolute Gasteiger partial charge is 0.333 e. The van der Waals surface area contributed by atoms with Gasteiger partial charge >= 0.3 is 6.85 Å². The number of anilines is 2. The predicted molar refractivity (Wildman–Crippen MR) is 246 cm³/mol. The first kappa shape index (κ1) is 31.3. The van der Waals surface area contributed by atoms with Gasteiger partial charge in [-0.05, 0) is 82.1 Å². The van der Waals surface area contributed by atoms with Crippen LogP contribution in [0.3, 0.4) is 0 Å². The summed E-state index contributed by atoms with van der Waals surface area (Å²) in [5.74, 6) is 0. The number of furan rings is 2. The first-order valence-corrected chi connectivity index (χ1v) is 20.9. The number of thiophene rings is 1. The normalized spacial score (nSPS) is 13.7. The minimum Gasteiger partial charge on any atom is -0.456 e. The summed E-state index contributed by atoms with van der Waals surface area (Å²) in [6.07, 6.45) is 0. The second-order valence-corrected chi connectivity index (χ2v) is 18.3. The zero-order valence-corrected chi connectivity index (χ0v) is 32.9. The molecule has 14 rings (SSSR count). The van der Waals surface area contributed by atoms with E-state index in [1.54, 1.807) is 0 Å². The van der Waals surface area contributed by atoms with Gasteiger partial charge < -0.3 is 18.2 Å². The van der Waals surface area contributed by atoms with Crippen LogP contribution in [0.5, 0.6) is 0 Å². The molecule has 272 valence electrons. The molecule has 2 aliphatic heterocycles. The van der Waals surface area contributed by atoms with E-state index in [0.29, 0.717) is 0 Å². The van der Waals surface area contributed by atoms with E-state index in [0.717, 1.165) is 49.6 Å². The van der Waals surface area contributed by atoms with Gasteiger partial charge in [0.1, 0.15) is 22.3 Å². The first-order chi connectivity index (χ1) is 28.4. The highest BCUT2D eigenvalue weighted by Gasteiger charge is 2.44. The van der Waals surface area contributed by atoms with Crippen LogP contribution in [0, 0.1) is 0 Å². The first-order valence-electron chi connectivity index (χ1n) is 20.1. The van der Waals surface area contributed by atoms with Crippen LogP contribution >= 0.6 is 11.3 Å². The molecule has 4 aromatic heterocycles. The summed E-state index contributed by atoms with van der Waals surface area (Å²) in [4.78, 5) is 2.64. The van der Waals surface area contributed by atoms with Gasteiger partial charge in [-0.2, -0.15) is 0 Å². The second kappa shape index (κ2) is 10.6. The van der Waals surface area contributed by atoms with Crippen LogP contribution in [0.25, 0.3) is 103 Å². The molecule has 6 heteroatoms. The molecule has 0 aliphatic carbocycles. The molecule has 2 aliphatic rings. The van der Waals surface area contributed by atoms with Gasteiger partial charge in [-0.15, -0.1) is 11.3 Å². The van der Waals surface area contributed by atoms with Crippen LogP contribution in [0.4, 0.5) is 11.4 Å². The fourth-order valence-corrected chi connectivity index (χ4v) is 11.6. The minimum absolute atomic E-state index is 0.0374. The van der Waals surface area contributed by atoms with Crippen molar-refractivity contribution >= 4 is 126 Å². The van der Waals surface area contributed by atoms with E-state index < -0.39 is 0 Å². The lowest BCUT2D eigenvalue weighted by Gasteiger charge is -2.42. The molecule has 4 nitrogen and oxygen atoms in total. The summed E-state index contributed by atoms with van der Waals surface area (Å²) in [5, 5.41) is 9.56. The molecule has 0 fully saturated rings. The molecule has 6 heterocycles. The zero-order valence-electron chi connectivity index (χ0n) is 32.1. The van der Waals surface area contributed by atoms with Crippen molar-refractivity contribution in [3.8, 4) is 16.8 Å². The van der Waals surface area contributed by atoms with Crippen molar-refractivity contribution in [1.29, 1.82) is 0 Å². The molecule has 0 unspecified atom stereocenters. The Balaban J connectivity index is 1.17. The quantitative estimate of drug-likeness (QED) is 0.156. The van der Waals surface area contributed by atoms with Crippen LogP contribution in [0.1, 0.15) is 26.3 Å². The average molecular weight is 761 g/mol. The molecule has 0 bridgehead atoms. The van der Waals surface area contributed by atoms with Crippen molar-refractivity contribution < 1.29 is 8.83 Å². The summed E-state index contributed by atoms with van der Waals surface area (Å²) in [7, 11) is 0. The Morgan fingerprint density at radius 2 is 1.19 bits per heavy atom. The molecular weight excluding hydrogens is 727 g/mol. The number of nitrogens with zero attached hydrogens (tertiary/aromatic N) is 2. The maximum absolute atomic E-state index is 6.67. The molecule has 0 radical (unpaired) electrons. The lowest BCUT2D eigenvalue weighted by Crippen LogP contribution is -2.60. The predicted octanol–water partition coefficient (Wildman–Crippen LogP) is 13.5. The van der Waals surface area contributed by atoms with E-state index in [1.807, 2.05) is 17.4 Å². The average Bonchev–Trinajstić information content (AvgIpc) is 3.99. The van der Waals surface area contributed by atoms with E-state index in [4.69, 9.17) is 8.83 Å². The third kappa shape index (κ3) is 3.91. The van der Waals surface area contributed by atoms with Crippen molar-refractivity contribution in [2.75, 3.05) is 4.81 Å². The van der Waals surface area contributed by atoms with Crippen molar-refractivity contribution in [1.82, 2.24) is 4.57 Å². The number of para-hydroxylation sites is 2. The van der Waals surface area contributed by atoms with Crippen molar-refractivity contribution in [2.24, 2.45) is 0 Å². The molecule has 0 saturated carbocycles. The Labute approximate surface area is 337 Å². The van der Waals surface area contributed by atoms with Crippen LogP contribution in [-0.4, -0.2) is 11.4 Å². The van der Waals surface area contributed by atoms with Crippen molar-refractivity contribution in [3.63, 3.8) is 0 Å². The van der Waals surface area contributed by atoms with Crippen molar-refractivity contribution in [3.05, 3.63) is 151 Å². The maximum Gasteiger partial charge on any atom is 0.333 e. The molecule has 12 aromatic rings. The third-order valence-corrected chi connectivity index (χ3v) is 14.2. The van der Waals surface area contributed by atoms with E-state index >= 15 is 0 Å². The molecular formula is C52H33BN2O2S. The maximum atomic E-state index is 6.67. The number of hydrogen-bond donors (Lipinski definition) is 0. The Morgan fingerprint density at radius 1 is 0.500 bits per heavy atom. The van der Waals surface area contributed by atoms with Crippen LogP contribution in [0.15, 0.2) is 154 Å². The molecule has 8 aromatic carbocycles. The standard InChI is InChI=1S/C52H33BN2O2S/c1-52(2,3)28-16-18-29(19-17-28)55-42-24-39-32-12-6-9-15-48(32)58-49(39)26-36(42)33-20-21-34-35-25-46-38(31-11-5-8-14-45(31)56-46)23-41(35)54-43-27-47-37(30-10-4-7-13-44(30)57-47)22-40(43)53(55)50(33)51(34)54/h4-27H,1-3H3. The summed E-state index contributed by atoms with van der Waals surface area (Å²) in [6, 6.07) is 54.1. The zero-order chi connectivity index (χ0) is 38.2. The largest absolute Gasteiger partial charge is 0.456 e. The van der Waals surface area contributed by atoms with E-state index in [9.17, 15) is 0 Å². The fourth-order valence-electron chi connectivity index (χ4n) is 10.4. The lowest BCUT2D eigenvalue weighted by atomic mass is 9.44.